The normalized spacial score (nSPS) is 17.7. The van der Waals surface area contributed by atoms with Crippen LogP contribution in [0.5, 0.6) is 0 Å². The zero-order chi connectivity index (χ0) is 16.0. The molecule has 5 nitrogen and oxygen atoms in total. The first-order valence-electron chi connectivity index (χ1n) is 8.94. The molecule has 5 heteroatoms. The van der Waals surface area contributed by atoms with Crippen LogP contribution in [0.1, 0.15) is 52.4 Å². The predicted molar refractivity (Wildman–Crippen MR) is 92.5 cm³/mol. The Labute approximate surface area is 136 Å². The molecule has 0 aliphatic heterocycles. The lowest BCUT2D eigenvalue weighted by Gasteiger charge is -2.24. The van der Waals surface area contributed by atoms with Gasteiger partial charge in [-0.2, -0.15) is 0 Å². The maximum absolute atomic E-state index is 5.96. The van der Waals surface area contributed by atoms with E-state index in [-0.39, 0.29) is 0 Å². The summed E-state index contributed by atoms with van der Waals surface area (Å²) in [4.78, 5) is 4.56. The molecule has 22 heavy (non-hydrogen) atoms. The van der Waals surface area contributed by atoms with Crippen LogP contribution >= 0.6 is 0 Å². The average Bonchev–Trinajstić information content (AvgIpc) is 3.05. The number of aliphatic imine (C=N–C) groups is 1. The number of ether oxygens (including phenoxy) is 2. The monoisotopic (exact) mass is 313 g/mol. The van der Waals surface area contributed by atoms with Crippen molar-refractivity contribution in [2.45, 2.75) is 58.5 Å². The summed E-state index contributed by atoms with van der Waals surface area (Å²) in [6.07, 6.45) is 7.80. The molecule has 1 unspecified atom stereocenters. The first-order chi connectivity index (χ1) is 10.8. The van der Waals surface area contributed by atoms with Crippen LogP contribution in [-0.4, -0.2) is 52.0 Å². The molecular weight excluding hydrogens is 278 g/mol. The van der Waals surface area contributed by atoms with Gasteiger partial charge in [-0.15, -0.1) is 0 Å². The average molecular weight is 313 g/mol. The van der Waals surface area contributed by atoms with Gasteiger partial charge in [0.1, 0.15) is 0 Å². The van der Waals surface area contributed by atoms with Crippen molar-refractivity contribution in [3.8, 4) is 0 Å². The molecule has 0 aromatic rings. The van der Waals surface area contributed by atoms with Crippen LogP contribution in [0.3, 0.4) is 0 Å². The molecule has 0 aromatic heterocycles. The van der Waals surface area contributed by atoms with Crippen LogP contribution in [0.2, 0.25) is 0 Å². The zero-order valence-corrected chi connectivity index (χ0v) is 14.7. The molecular formula is C17H35N3O2. The number of nitrogens with one attached hydrogen (secondary N) is 2. The van der Waals surface area contributed by atoms with Crippen molar-refractivity contribution in [1.29, 1.82) is 0 Å². The first kappa shape index (κ1) is 19.2. The number of nitrogens with zero attached hydrogens (tertiary/aromatic N) is 1. The van der Waals surface area contributed by atoms with E-state index in [1.54, 1.807) is 7.11 Å². The lowest BCUT2D eigenvalue weighted by atomic mass is 9.98. The summed E-state index contributed by atoms with van der Waals surface area (Å²) in [7, 11) is 1.73. The minimum Gasteiger partial charge on any atom is -0.385 e. The van der Waals surface area contributed by atoms with E-state index in [0.29, 0.717) is 6.10 Å². The van der Waals surface area contributed by atoms with Crippen LogP contribution in [0.15, 0.2) is 4.99 Å². The van der Waals surface area contributed by atoms with Crippen LogP contribution in [0, 0.1) is 5.92 Å². The number of hydrogen-bond acceptors (Lipinski definition) is 3. The molecule has 1 atom stereocenters. The second-order valence-electron chi connectivity index (χ2n) is 5.86. The van der Waals surface area contributed by atoms with Crippen molar-refractivity contribution in [3.63, 3.8) is 0 Å². The summed E-state index contributed by atoms with van der Waals surface area (Å²) in [6.45, 7) is 8.35. The number of methoxy groups -OCH3 is 1. The topological polar surface area (TPSA) is 54.9 Å². The van der Waals surface area contributed by atoms with E-state index in [4.69, 9.17) is 9.47 Å². The quantitative estimate of drug-likeness (QED) is 0.350. The highest BCUT2D eigenvalue weighted by Gasteiger charge is 2.24. The highest BCUT2D eigenvalue weighted by molar-refractivity contribution is 5.79. The second-order valence-corrected chi connectivity index (χ2v) is 5.86. The van der Waals surface area contributed by atoms with E-state index in [2.05, 4.69) is 29.5 Å². The van der Waals surface area contributed by atoms with E-state index in [0.717, 1.165) is 57.6 Å². The SMILES string of the molecule is CCNC(=NCCCOC)NCCC(OCC)C1CCCC1. The van der Waals surface area contributed by atoms with Gasteiger partial charge in [0.25, 0.3) is 0 Å². The Morgan fingerprint density at radius 1 is 1.23 bits per heavy atom. The smallest absolute Gasteiger partial charge is 0.191 e. The van der Waals surface area contributed by atoms with Gasteiger partial charge in [0, 0.05) is 40.0 Å². The molecule has 2 N–H and O–H groups in total. The zero-order valence-electron chi connectivity index (χ0n) is 14.7. The third kappa shape index (κ3) is 7.99. The lowest BCUT2D eigenvalue weighted by Crippen LogP contribution is -2.39. The molecule has 1 aliphatic rings. The highest BCUT2D eigenvalue weighted by Crippen LogP contribution is 2.30. The van der Waals surface area contributed by atoms with E-state index < -0.39 is 0 Å². The van der Waals surface area contributed by atoms with Crippen LogP contribution in [0.25, 0.3) is 0 Å². The Morgan fingerprint density at radius 3 is 2.64 bits per heavy atom. The summed E-state index contributed by atoms with van der Waals surface area (Å²) in [5.41, 5.74) is 0. The largest absolute Gasteiger partial charge is 0.385 e. The van der Waals surface area contributed by atoms with Crippen LogP contribution in [-0.2, 0) is 9.47 Å². The fraction of sp³-hybridized carbons (Fsp3) is 0.941. The Kier molecular flexibility index (Phi) is 11.1. The van der Waals surface area contributed by atoms with Gasteiger partial charge in [0.15, 0.2) is 5.96 Å². The van der Waals surface area contributed by atoms with Gasteiger partial charge >= 0.3 is 0 Å². The summed E-state index contributed by atoms with van der Waals surface area (Å²) in [6, 6.07) is 0. The molecule has 0 spiro atoms. The van der Waals surface area contributed by atoms with Gasteiger partial charge in [0.2, 0.25) is 0 Å². The van der Waals surface area contributed by atoms with Crippen LogP contribution in [0.4, 0.5) is 0 Å². The van der Waals surface area contributed by atoms with E-state index in [1.165, 1.54) is 25.7 Å². The van der Waals surface area contributed by atoms with Gasteiger partial charge in [0.05, 0.1) is 6.10 Å². The van der Waals surface area contributed by atoms with Crippen molar-refractivity contribution >= 4 is 5.96 Å². The molecule has 130 valence electrons. The molecule has 1 aliphatic carbocycles. The Hall–Kier alpha value is -0.810. The predicted octanol–water partition coefficient (Wildman–Crippen LogP) is 2.56. The number of rotatable bonds is 11. The summed E-state index contributed by atoms with van der Waals surface area (Å²) in [5.74, 6) is 1.66. The second kappa shape index (κ2) is 12.7. The molecule has 0 amide bonds. The third-order valence-corrected chi connectivity index (χ3v) is 4.15. The molecule has 0 heterocycles. The van der Waals surface area contributed by atoms with Gasteiger partial charge in [-0.05, 0) is 45.4 Å². The minimum absolute atomic E-state index is 0.399. The fourth-order valence-electron chi connectivity index (χ4n) is 3.07. The highest BCUT2D eigenvalue weighted by atomic mass is 16.5. The summed E-state index contributed by atoms with van der Waals surface area (Å²) in [5, 5.41) is 6.72. The Bertz CT molecular complexity index is 292. The Morgan fingerprint density at radius 2 is 2.00 bits per heavy atom. The number of guanidine groups is 1. The number of hydrogen-bond donors (Lipinski definition) is 2. The van der Waals surface area contributed by atoms with E-state index in [9.17, 15) is 0 Å². The maximum atomic E-state index is 5.96. The molecule has 0 aromatic carbocycles. The standard InChI is InChI=1S/C17H35N3O2/c1-4-18-17(19-12-8-14-21-3)20-13-11-16(22-5-2)15-9-6-7-10-15/h15-16H,4-14H2,1-3H3,(H2,18,19,20). The van der Waals surface area contributed by atoms with E-state index in [1.807, 2.05) is 0 Å². The van der Waals surface area contributed by atoms with Crippen LogP contribution < -0.4 is 10.6 Å². The van der Waals surface area contributed by atoms with Crippen molar-refractivity contribution in [1.82, 2.24) is 10.6 Å². The van der Waals surface area contributed by atoms with E-state index >= 15 is 0 Å². The molecule has 1 saturated carbocycles. The van der Waals surface area contributed by atoms with Crippen molar-refractivity contribution in [3.05, 3.63) is 0 Å². The third-order valence-electron chi connectivity index (χ3n) is 4.15. The fourth-order valence-corrected chi connectivity index (χ4v) is 3.07. The summed E-state index contributed by atoms with van der Waals surface area (Å²) < 4.78 is 11.0. The van der Waals surface area contributed by atoms with Gasteiger partial charge < -0.3 is 20.1 Å². The Balaban J connectivity index is 2.32. The summed E-state index contributed by atoms with van der Waals surface area (Å²) >= 11 is 0. The first-order valence-corrected chi connectivity index (χ1v) is 8.94. The maximum Gasteiger partial charge on any atom is 0.191 e. The van der Waals surface area contributed by atoms with Crippen molar-refractivity contribution < 1.29 is 9.47 Å². The molecule has 0 bridgehead atoms. The molecule has 0 radical (unpaired) electrons. The molecule has 1 fully saturated rings. The minimum atomic E-state index is 0.399. The van der Waals surface area contributed by atoms with Crippen molar-refractivity contribution in [2.24, 2.45) is 10.9 Å². The molecule has 1 rings (SSSR count). The molecule has 0 saturated heterocycles. The van der Waals surface area contributed by atoms with Gasteiger partial charge in [-0.1, -0.05) is 12.8 Å². The van der Waals surface area contributed by atoms with Gasteiger partial charge in [-0.25, -0.2) is 0 Å². The van der Waals surface area contributed by atoms with Gasteiger partial charge in [-0.3, -0.25) is 4.99 Å². The van der Waals surface area contributed by atoms with Crippen molar-refractivity contribution in [2.75, 3.05) is 40.0 Å². The lowest BCUT2D eigenvalue weighted by molar-refractivity contribution is 0.0169.